The largest absolute Gasteiger partial charge is 0.297 e. The molecular weight excluding hydrogens is 403 g/mol. The van der Waals surface area contributed by atoms with Gasteiger partial charge in [0.25, 0.3) is 20.2 Å². The van der Waals surface area contributed by atoms with Crippen molar-refractivity contribution >= 4 is 49.2 Å². The van der Waals surface area contributed by atoms with Gasteiger partial charge in [-0.2, -0.15) is 16.8 Å². The van der Waals surface area contributed by atoms with E-state index in [1.165, 1.54) is 24.3 Å². The first-order chi connectivity index (χ1) is 10.9. The van der Waals surface area contributed by atoms with Crippen LogP contribution in [-0.4, -0.2) is 31.7 Å². The van der Waals surface area contributed by atoms with Gasteiger partial charge >= 0.3 is 0 Å². The molecular formula is C13H8Cl2O7S2. The minimum absolute atomic E-state index is 0.0205. The normalized spacial score (nSPS) is 12.2. The van der Waals surface area contributed by atoms with E-state index < -0.39 is 46.4 Å². The molecule has 2 N–H and O–H groups in total. The molecule has 0 spiro atoms. The fourth-order valence-electron chi connectivity index (χ4n) is 1.97. The third kappa shape index (κ3) is 3.77. The number of halogens is 2. The highest BCUT2D eigenvalue weighted by molar-refractivity contribution is 7.89. The van der Waals surface area contributed by atoms with Crippen LogP contribution in [0.4, 0.5) is 0 Å². The van der Waals surface area contributed by atoms with Gasteiger partial charge in [0.1, 0.15) is 9.79 Å². The van der Waals surface area contributed by atoms with E-state index >= 15 is 0 Å². The minimum Gasteiger partial charge on any atom is -0.289 e. The van der Waals surface area contributed by atoms with E-state index in [4.69, 9.17) is 23.2 Å². The van der Waals surface area contributed by atoms with Crippen molar-refractivity contribution in [1.82, 2.24) is 0 Å². The zero-order chi connectivity index (χ0) is 18.3. The van der Waals surface area contributed by atoms with Gasteiger partial charge in [-0.3, -0.25) is 13.9 Å². The maximum atomic E-state index is 12.5. The zero-order valence-electron chi connectivity index (χ0n) is 11.5. The maximum Gasteiger partial charge on any atom is 0.297 e. The molecule has 2 rings (SSSR count). The number of benzene rings is 2. The van der Waals surface area contributed by atoms with Crippen LogP contribution < -0.4 is 0 Å². The first-order valence-corrected chi connectivity index (χ1v) is 9.64. The van der Waals surface area contributed by atoms with E-state index in [9.17, 15) is 30.7 Å². The molecule has 0 unspecified atom stereocenters. The Morgan fingerprint density at radius 1 is 0.792 bits per heavy atom. The van der Waals surface area contributed by atoms with Crippen molar-refractivity contribution in [3.63, 3.8) is 0 Å². The molecule has 0 saturated heterocycles. The summed E-state index contributed by atoms with van der Waals surface area (Å²) in [5.74, 6) is -0.916. The van der Waals surface area contributed by atoms with Crippen LogP contribution >= 0.6 is 23.2 Å². The average Bonchev–Trinajstić information content (AvgIpc) is 2.44. The number of carbonyl (C=O) groups is 1. The molecule has 0 aliphatic rings. The second kappa shape index (κ2) is 6.43. The summed E-state index contributed by atoms with van der Waals surface area (Å²) in [7, 11) is -10.3. The maximum absolute atomic E-state index is 12.5. The van der Waals surface area contributed by atoms with E-state index in [-0.39, 0.29) is 5.56 Å². The Bertz CT molecular complexity index is 1030. The molecule has 11 heteroatoms. The first-order valence-electron chi connectivity index (χ1n) is 6.00. The molecule has 0 atom stereocenters. The molecule has 0 fully saturated rings. The monoisotopic (exact) mass is 410 g/mol. The SMILES string of the molecule is O=C(c1ccc(Cl)cc1)c1ccc(Cl)c(S(=O)(=O)O)c1S(=O)(=O)O. The number of carbonyl (C=O) groups excluding carboxylic acids is 1. The number of hydrogen-bond donors (Lipinski definition) is 2. The summed E-state index contributed by atoms with van der Waals surface area (Å²) in [6.07, 6.45) is 0. The van der Waals surface area contributed by atoms with Crippen LogP contribution in [0.15, 0.2) is 46.2 Å². The van der Waals surface area contributed by atoms with Gasteiger partial charge in [-0.15, -0.1) is 0 Å². The van der Waals surface area contributed by atoms with Crippen LogP contribution in [0.1, 0.15) is 15.9 Å². The summed E-state index contributed by atoms with van der Waals surface area (Å²) in [6.45, 7) is 0. The molecule has 0 heterocycles. The van der Waals surface area contributed by atoms with Crippen LogP contribution in [0, 0.1) is 0 Å². The van der Waals surface area contributed by atoms with Crippen molar-refractivity contribution in [2.24, 2.45) is 0 Å². The molecule has 2 aromatic rings. The van der Waals surface area contributed by atoms with Gasteiger partial charge in [-0.05, 0) is 36.4 Å². The van der Waals surface area contributed by atoms with E-state index in [0.29, 0.717) is 5.02 Å². The van der Waals surface area contributed by atoms with Gasteiger partial charge in [0, 0.05) is 16.1 Å². The standard InChI is InChI=1S/C13H8Cl2O7S2/c14-8-3-1-7(2-4-8)11(16)9-5-6-10(15)13(24(20,21)22)12(9)23(17,18)19/h1-6H,(H,17,18,19)(H,20,21,22). The van der Waals surface area contributed by atoms with E-state index in [0.717, 1.165) is 12.1 Å². The van der Waals surface area contributed by atoms with Crippen LogP contribution in [0.3, 0.4) is 0 Å². The minimum atomic E-state index is -5.20. The molecule has 0 amide bonds. The molecule has 0 aromatic heterocycles. The van der Waals surface area contributed by atoms with Gasteiger partial charge in [-0.25, -0.2) is 0 Å². The molecule has 24 heavy (non-hydrogen) atoms. The second-order valence-corrected chi connectivity index (χ2v) is 8.10. The lowest BCUT2D eigenvalue weighted by molar-refractivity contribution is 0.103. The topological polar surface area (TPSA) is 126 Å². The van der Waals surface area contributed by atoms with Gasteiger partial charge in [-0.1, -0.05) is 23.2 Å². The smallest absolute Gasteiger partial charge is 0.289 e. The summed E-state index contributed by atoms with van der Waals surface area (Å²) in [5, 5.41) is -0.353. The summed E-state index contributed by atoms with van der Waals surface area (Å²) in [6, 6.07) is 7.13. The predicted molar refractivity (Wildman–Crippen MR) is 86.0 cm³/mol. The third-order valence-electron chi connectivity index (χ3n) is 2.93. The average molecular weight is 411 g/mol. The van der Waals surface area contributed by atoms with Crippen LogP contribution in [0.5, 0.6) is 0 Å². The fraction of sp³-hybridized carbons (Fsp3) is 0. The first kappa shape index (κ1) is 18.8. The van der Waals surface area contributed by atoms with Crippen molar-refractivity contribution in [2.75, 3.05) is 0 Å². The van der Waals surface area contributed by atoms with Gasteiger partial charge in [0.15, 0.2) is 5.78 Å². The molecule has 0 saturated carbocycles. The predicted octanol–water partition coefficient (Wildman–Crippen LogP) is 2.72. The molecule has 0 aliphatic heterocycles. The highest BCUT2D eigenvalue weighted by atomic mass is 35.5. The Labute approximate surface area is 147 Å². The lowest BCUT2D eigenvalue weighted by Gasteiger charge is -2.11. The lowest BCUT2D eigenvalue weighted by atomic mass is 10.0. The third-order valence-corrected chi connectivity index (χ3v) is 5.62. The molecule has 0 aliphatic carbocycles. The van der Waals surface area contributed by atoms with Crippen LogP contribution in [-0.2, 0) is 20.2 Å². The van der Waals surface area contributed by atoms with Gasteiger partial charge in [0.2, 0.25) is 0 Å². The fourth-order valence-corrected chi connectivity index (χ4v) is 4.68. The van der Waals surface area contributed by atoms with Crippen molar-refractivity contribution in [3.8, 4) is 0 Å². The van der Waals surface area contributed by atoms with E-state index in [1.807, 2.05) is 0 Å². The Kier molecular flexibility index (Phi) is 5.05. The van der Waals surface area contributed by atoms with Crippen molar-refractivity contribution in [2.45, 2.75) is 9.79 Å². The number of ketones is 1. The number of hydrogen-bond acceptors (Lipinski definition) is 5. The van der Waals surface area contributed by atoms with Crippen molar-refractivity contribution in [3.05, 3.63) is 57.6 Å². The van der Waals surface area contributed by atoms with Crippen molar-refractivity contribution in [1.29, 1.82) is 0 Å². The Morgan fingerprint density at radius 2 is 1.29 bits per heavy atom. The number of rotatable bonds is 4. The second-order valence-electron chi connectivity index (χ2n) is 4.54. The van der Waals surface area contributed by atoms with Crippen molar-refractivity contribution < 1.29 is 30.7 Å². The van der Waals surface area contributed by atoms with Crippen LogP contribution in [0.25, 0.3) is 0 Å². The molecule has 2 aromatic carbocycles. The van der Waals surface area contributed by atoms with Crippen LogP contribution in [0.2, 0.25) is 10.0 Å². The van der Waals surface area contributed by atoms with E-state index in [1.54, 1.807) is 0 Å². The quantitative estimate of drug-likeness (QED) is 0.585. The van der Waals surface area contributed by atoms with E-state index in [2.05, 4.69) is 0 Å². The molecule has 128 valence electrons. The summed E-state index contributed by atoms with van der Waals surface area (Å²) in [4.78, 5) is 9.91. The van der Waals surface area contributed by atoms with Gasteiger partial charge in [0.05, 0.1) is 5.02 Å². The lowest BCUT2D eigenvalue weighted by Crippen LogP contribution is -2.15. The summed E-state index contributed by atoms with van der Waals surface area (Å²) >= 11 is 11.3. The van der Waals surface area contributed by atoms with Gasteiger partial charge < -0.3 is 0 Å². The summed E-state index contributed by atoms with van der Waals surface area (Å²) in [5.41, 5.74) is -0.690. The Balaban J connectivity index is 2.85. The molecule has 7 nitrogen and oxygen atoms in total. The highest BCUT2D eigenvalue weighted by Gasteiger charge is 2.32. The zero-order valence-corrected chi connectivity index (χ0v) is 14.6. The Hall–Kier alpha value is -1.49. The molecule has 0 bridgehead atoms. The molecule has 0 radical (unpaired) electrons. The highest BCUT2D eigenvalue weighted by Crippen LogP contribution is 2.33. The summed E-state index contributed by atoms with van der Waals surface area (Å²) < 4.78 is 64.7. The Morgan fingerprint density at radius 3 is 1.75 bits per heavy atom.